The Morgan fingerprint density at radius 1 is 1.56 bits per heavy atom. The number of nitrogens with two attached hydrogens (primary N) is 1. The van der Waals surface area contributed by atoms with Crippen LogP contribution in [0.5, 0.6) is 0 Å². The molecule has 0 bridgehead atoms. The van der Waals surface area contributed by atoms with E-state index in [1.165, 1.54) is 21.8 Å². The van der Waals surface area contributed by atoms with E-state index in [1.54, 1.807) is 0 Å². The molecule has 9 nitrogen and oxygen atoms in total. The zero-order valence-corrected chi connectivity index (χ0v) is 15.4. The number of halogens is 1. The molecule has 1 aromatic rings. The molecule has 1 aromatic heterocycles. The summed E-state index contributed by atoms with van der Waals surface area (Å²) in [5.74, 6) is -0.595. The lowest BCUT2D eigenvalue weighted by atomic mass is 10.1. The molecule has 1 aliphatic heterocycles. The first-order valence-corrected chi connectivity index (χ1v) is 8.56. The van der Waals surface area contributed by atoms with Crippen molar-refractivity contribution in [3.05, 3.63) is 37.6 Å². The lowest BCUT2D eigenvalue weighted by molar-refractivity contribution is -0.161. The number of ether oxygens (including phenoxy) is 3. The Labute approximate surface area is 151 Å². The lowest BCUT2D eigenvalue weighted by Crippen LogP contribution is -2.38. The summed E-state index contributed by atoms with van der Waals surface area (Å²) in [6, 6.07) is -0.724. The van der Waals surface area contributed by atoms with Crippen LogP contribution in [0.1, 0.15) is 25.6 Å². The largest absolute Gasteiger partial charge is 0.459 e. The zero-order chi connectivity index (χ0) is 18.6. The minimum absolute atomic E-state index is 0.0497. The fourth-order valence-corrected chi connectivity index (χ4v) is 2.38. The van der Waals surface area contributed by atoms with Crippen molar-refractivity contribution in [2.24, 2.45) is 11.7 Å². The molecule has 1 fully saturated rings. The van der Waals surface area contributed by atoms with Gasteiger partial charge in [0.25, 0.3) is 5.56 Å². The summed E-state index contributed by atoms with van der Waals surface area (Å²) in [5, 5.41) is 0. The third-order valence-corrected chi connectivity index (χ3v) is 3.90. The summed E-state index contributed by atoms with van der Waals surface area (Å²) < 4.78 is 17.2. The maximum atomic E-state index is 12.0. The van der Waals surface area contributed by atoms with E-state index in [2.05, 4.69) is 20.9 Å². The number of carbonyl (C=O) groups is 1. The Hall–Kier alpha value is -1.75. The molecule has 2 rings (SSSR count). The number of H-pyrrole nitrogens is 1. The Morgan fingerprint density at radius 3 is 2.92 bits per heavy atom. The van der Waals surface area contributed by atoms with Gasteiger partial charge in [0.15, 0.2) is 12.5 Å². The molecular weight excluding hydrogens is 398 g/mol. The van der Waals surface area contributed by atoms with Gasteiger partial charge in [-0.25, -0.2) is 4.79 Å². The van der Waals surface area contributed by atoms with Crippen molar-refractivity contribution in [1.82, 2.24) is 9.55 Å². The molecular formula is C15H20BrN3O6. The summed E-state index contributed by atoms with van der Waals surface area (Å²) in [5.41, 5.74) is 4.84. The van der Waals surface area contributed by atoms with E-state index in [0.717, 1.165) is 0 Å². The molecule has 0 spiro atoms. The van der Waals surface area contributed by atoms with Gasteiger partial charge in [-0.05, 0) is 17.0 Å². The molecule has 3 atom stereocenters. The molecule has 0 aromatic carbocycles. The second-order valence-corrected chi connectivity index (χ2v) is 6.33. The summed E-state index contributed by atoms with van der Waals surface area (Å²) in [6.45, 7) is 3.56. The second-order valence-electron chi connectivity index (χ2n) is 5.80. The van der Waals surface area contributed by atoms with Gasteiger partial charge in [0, 0.05) is 6.20 Å². The van der Waals surface area contributed by atoms with E-state index in [9.17, 15) is 14.4 Å². The Bertz CT molecular complexity index is 756. The van der Waals surface area contributed by atoms with Gasteiger partial charge in [-0.15, -0.1) is 0 Å². The quantitative estimate of drug-likeness (QED) is 0.637. The van der Waals surface area contributed by atoms with E-state index in [0.29, 0.717) is 0 Å². The van der Waals surface area contributed by atoms with E-state index in [4.69, 9.17) is 19.9 Å². The minimum Gasteiger partial charge on any atom is -0.459 e. The van der Waals surface area contributed by atoms with Gasteiger partial charge in [-0.3, -0.25) is 19.1 Å². The van der Waals surface area contributed by atoms with E-state index >= 15 is 0 Å². The van der Waals surface area contributed by atoms with Crippen LogP contribution in [0.15, 0.2) is 20.8 Å². The summed E-state index contributed by atoms with van der Waals surface area (Å²) in [4.78, 5) is 39.1. The number of aromatic nitrogens is 2. The number of esters is 1. The number of nitrogens with one attached hydrogen (secondary N) is 1. The molecule has 3 unspecified atom stereocenters. The highest BCUT2D eigenvalue weighted by atomic mass is 79.9. The lowest BCUT2D eigenvalue weighted by Gasteiger charge is -2.17. The molecule has 25 heavy (non-hydrogen) atoms. The van der Waals surface area contributed by atoms with Crippen molar-refractivity contribution >= 4 is 28.0 Å². The molecule has 1 saturated heterocycles. The van der Waals surface area contributed by atoms with Crippen molar-refractivity contribution in [2.45, 2.75) is 32.4 Å². The van der Waals surface area contributed by atoms with Crippen LogP contribution in [0, 0.1) is 5.92 Å². The fourth-order valence-electron chi connectivity index (χ4n) is 2.10. The number of carbonyl (C=O) groups excluding carboxylic acids is 1. The van der Waals surface area contributed by atoms with Gasteiger partial charge in [-0.1, -0.05) is 29.8 Å². The first-order chi connectivity index (χ1) is 11.8. The Kier molecular flexibility index (Phi) is 6.71. The average Bonchev–Trinajstić information content (AvgIpc) is 3.03. The maximum Gasteiger partial charge on any atom is 0.330 e. The molecule has 0 amide bonds. The molecule has 138 valence electrons. The van der Waals surface area contributed by atoms with Crippen LogP contribution < -0.4 is 17.0 Å². The van der Waals surface area contributed by atoms with Crippen LogP contribution >= 0.6 is 15.9 Å². The molecule has 3 N–H and O–H groups in total. The standard InChI is InChI=1S/C15H20BrN3O6/c1-8(2)12(17)14(21)24-7-11-23-6-10(25-11)19-5-9(3-4-16)13(20)18-15(19)22/h3-5,8,10-12H,6-7,17H2,1-2H3,(H,18,20,22)/b4-3+. The van der Waals surface area contributed by atoms with Gasteiger partial charge in [-0.2, -0.15) is 0 Å². The predicted molar refractivity (Wildman–Crippen MR) is 92.9 cm³/mol. The van der Waals surface area contributed by atoms with E-state index < -0.39 is 35.8 Å². The van der Waals surface area contributed by atoms with Crippen LogP contribution in [0.3, 0.4) is 0 Å². The monoisotopic (exact) mass is 417 g/mol. The SMILES string of the molecule is CC(C)C(N)C(=O)OCC1OCC(n2cc(/C=C/Br)c(=O)[nH]c2=O)O1. The van der Waals surface area contributed by atoms with Crippen molar-refractivity contribution in [3.63, 3.8) is 0 Å². The number of rotatable bonds is 6. The van der Waals surface area contributed by atoms with Gasteiger partial charge >= 0.3 is 11.7 Å². The third-order valence-electron chi connectivity index (χ3n) is 3.63. The van der Waals surface area contributed by atoms with Crippen molar-refractivity contribution in [3.8, 4) is 0 Å². The van der Waals surface area contributed by atoms with E-state index in [-0.39, 0.29) is 24.7 Å². The van der Waals surface area contributed by atoms with Gasteiger partial charge in [0.2, 0.25) is 0 Å². The Balaban J connectivity index is 2.01. The number of aromatic amines is 1. The summed E-state index contributed by atoms with van der Waals surface area (Å²) in [6.07, 6.45) is 1.31. The minimum atomic E-state index is -0.817. The Morgan fingerprint density at radius 2 is 2.28 bits per heavy atom. The molecule has 0 radical (unpaired) electrons. The van der Waals surface area contributed by atoms with E-state index in [1.807, 2.05) is 13.8 Å². The average molecular weight is 418 g/mol. The maximum absolute atomic E-state index is 12.0. The number of hydrogen-bond donors (Lipinski definition) is 2. The predicted octanol–water partition coefficient (Wildman–Crippen LogP) is 0.300. The van der Waals surface area contributed by atoms with Gasteiger partial charge in [0.1, 0.15) is 12.6 Å². The highest BCUT2D eigenvalue weighted by Gasteiger charge is 2.30. The van der Waals surface area contributed by atoms with Crippen LogP contribution in [-0.2, 0) is 19.0 Å². The van der Waals surface area contributed by atoms with Gasteiger partial charge < -0.3 is 19.9 Å². The molecule has 0 aliphatic carbocycles. The molecule has 2 heterocycles. The number of hydrogen-bond acceptors (Lipinski definition) is 7. The van der Waals surface area contributed by atoms with Crippen LogP contribution in [-0.4, -0.2) is 41.1 Å². The summed E-state index contributed by atoms with van der Waals surface area (Å²) in [7, 11) is 0. The summed E-state index contributed by atoms with van der Waals surface area (Å²) >= 11 is 3.08. The zero-order valence-electron chi connectivity index (χ0n) is 13.8. The van der Waals surface area contributed by atoms with Gasteiger partial charge in [0.05, 0.1) is 12.2 Å². The van der Waals surface area contributed by atoms with Crippen molar-refractivity contribution in [1.29, 1.82) is 0 Å². The van der Waals surface area contributed by atoms with Crippen molar-refractivity contribution in [2.75, 3.05) is 13.2 Å². The first-order valence-electron chi connectivity index (χ1n) is 7.65. The van der Waals surface area contributed by atoms with Crippen LogP contribution in [0.25, 0.3) is 6.08 Å². The molecule has 10 heteroatoms. The topological polar surface area (TPSA) is 126 Å². The normalized spacial score (nSPS) is 21.8. The highest BCUT2D eigenvalue weighted by Crippen LogP contribution is 2.20. The third kappa shape index (κ3) is 4.88. The van der Waals surface area contributed by atoms with Crippen molar-refractivity contribution < 1.29 is 19.0 Å². The second kappa shape index (κ2) is 8.56. The van der Waals surface area contributed by atoms with Crippen LogP contribution in [0.2, 0.25) is 0 Å². The smallest absolute Gasteiger partial charge is 0.330 e. The highest BCUT2D eigenvalue weighted by molar-refractivity contribution is 9.11. The van der Waals surface area contributed by atoms with Crippen LogP contribution in [0.4, 0.5) is 0 Å². The first kappa shape index (κ1) is 19.6. The molecule has 1 aliphatic rings. The fraction of sp³-hybridized carbons (Fsp3) is 0.533. The number of nitrogens with zero attached hydrogens (tertiary/aromatic N) is 1. The molecule has 0 saturated carbocycles.